The minimum absolute atomic E-state index is 0.192. The van der Waals surface area contributed by atoms with Crippen molar-refractivity contribution in [3.8, 4) is 5.75 Å². The molecule has 1 aliphatic carbocycles. The van der Waals surface area contributed by atoms with Crippen molar-refractivity contribution in [3.63, 3.8) is 0 Å². The maximum atomic E-state index is 11.5. The van der Waals surface area contributed by atoms with Gasteiger partial charge in [-0.3, -0.25) is 4.79 Å². The Bertz CT molecular complexity index is 487. The van der Waals surface area contributed by atoms with Gasteiger partial charge in [0.15, 0.2) is 0 Å². The standard InChI is InChI=1S/C16H22O3/c1-11-6-7-12(2)15(13(11)3)19-16(8-5-9-16)10-14(17)18-4/h6-7H,5,8-10H2,1-4H3. The van der Waals surface area contributed by atoms with Gasteiger partial charge in [-0.25, -0.2) is 0 Å². The summed E-state index contributed by atoms with van der Waals surface area (Å²) in [5.41, 5.74) is 3.15. The van der Waals surface area contributed by atoms with Gasteiger partial charge in [0, 0.05) is 0 Å². The average molecular weight is 262 g/mol. The zero-order valence-electron chi connectivity index (χ0n) is 12.2. The van der Waals surface area contributed by atoms with Gasteiger partial charge in [-0.2, -0.15) is 0 Å². The van der Waals surface area contributed by atoms with E-state index < -0.39 is 0 Å². The molecule has 3 nitrogen and oxygen atoms in total. The van der Waals surface area contributed by atoms with Gasteiger partial charge < -0.3 is 9.47 Å². The van der Waals surface area contributed by atoms with E-state index in [1.54, 1.807) is 0 Å². The molecular formula is C16H22O3. The van der Waals surface area contributed by atoms with Crippen LogP contribution in [0.2, 0.25) is 0 Å². The summed E-state index contributed by atoms with van der Waals surface area (Å²) in [6.07, 6.45) is 3.31. The quantitative estimate of drug-likeness (QED) is 0.779. The van der Waals surface area contributed by atoms with Crippen LogP contribution >= 0.6 is 0 Å². The second-order valence-corrected chi connectivity index (χ2v) is 5.55. The summed E-state index contributed by atoms with van der Waals surface area (Å²) in [6.45, 7) is 6.20. The van der Waals surface area contributed by atoms with Crippen molar-refractivity contribution >= 4 is 5.97 Å². The Morgan fingerprint density at radius 2 is 1.84 bits per heavy atom. The molecule has 1 aliphatic rings. The fourth-order valence-electron chi connectivity index (χ4n) is 2.52. The van der Waals surface area contributed by atoms with Crippen molar-refractivity contribution in [1.29, 1.82) is 0 Å². The van der Waals surface area contributed by atoms with E-state index in [-0.39, 0.29) is 11.6 Å². The predicted octanol–water partition coefficient (Wildman–Crippen LogP) is 3.48. The first-order valence-corrected chi connectivity index (χ1v) is 6.80. The first-order valence-electron chi connectivity index (χ1n) is 6.80. The normalized spacial score (nSPS) is 16.6. The number of hydrogen-bond donors (Lipinski definition) is 0. The van der Waals surface area contributed by atoms with E-state index in [1.807, 2.05) is 6.92 Å². The van der Waals surface area contributed by atoms with E-state index in [4.69, 9.17) is 9.47 Å². The largest absolute Gasteiger partial charge is 0.486 e. The maximum Gasteiger partial charge on any atom is 0.309 e. The molecule has 0 bridgehead atoms. The third kappa shape index (κ3) is 2.75. The summed E-state index contributed by atoms with van der Waals surface area (Å²) in [5.74, 6) is 0.742. The Hall–Kier alpha value is -1.51. The average Bonchev–Trinajstić information content (AvgIpc) is 2.35. The summed E-state index contributed by atoms with van der Waals surface area (Å²) in [6, 6.07) is 4.17. The molecule has 104 valence electrons. The van der Waals surface area contributed by atoms with Crippen LogP contribution in [0.15, 0.2) is 12.1 Å². The van der Waals surface area contributed by atoms with E-state index in [1.165, 1.54) is 12.7 Å². The number of benzene rings is 1. The number of carbonyl (C=O) groups is 1. The SMILES string of the molecule is COC(=O)CC1(Oc2c(C)ccc(C)c2C)CCC1. The molecule has 0 heterocycles. The molecule has 0 amide bonds. The van der Waals surface area contributed by atoms with Crippen LogP contribution in [0.4, 0.5) is 0 Å². The van der Waals surface area contributed by atoms with Crippen LogP contribution in [0.1, 0.15) is 42.4 Å². The van der Waals surface area contributed by atoms with Crippen LogP contribution in [0.5, 0.6) is 5.75 Å². The highest BCUT2D eigenvalue weighted by atomic mass is 16.5. The van der Waals surface area contributed by atoms with Gasteiger partial charge in [-0.05, 0) is 56.7 Å². The maximum absolute atomic E-state index is 11.5. The molecule has 0 radical (unpaired) electrons. The molecule has 3 heteroatoms. The summed E-state index contributed by atoms with van der Waals surface area (Å²) in [5, 5.41) is 0. The Morgan fingerprint density at radius 3 is 2.37 bits per heavy atom. The summed E-state index contributed by atoms with van der Waals surface area (Å²) in [7, 11) is 1.43. The molecule has 0 atom stereocenters. The number of aryl methyl sites for hydroxylation is 2. The Kier molecular flexibility index (Phi) is 3.83. The van der Waals surface area contributed by atoms with Gasteiger partial charge >= 0.3 is 5.97 Å². The summed E-state index contributed by atoms with van der Waals surface area (Å²) < 4.78 is 11.0. The Morgan fingerprint density at radius 1 is 1.21 bits per heavy atom. The topological polar surface area (TPSA) is 35.5 Å². The van der Waals surface area contributed by atoms with Crippen LogP contribution in [-0.4, -0.2) is 18.7 Å². The molecule has 0 aliphatic heterocycles. The molecule has 1 aromatic rings. The third-order valence-corrected chi connectivity index (χ3v) is 4.15. The first-order chi connectivity index (χ1) is 8.97. The second kappa shape index (κ2) is 5.24. The van der Waals surface area contributed by atoms with Crippen LogP contribution in [-0.2, 0) is 9.53 Å². The number of methoxy groups -OCH3 is 1. The summed E-state index contributed by atoms with van der Waals surface area (Å²) >= 11 is 0. The van der Waals surface area contributed by atoms with E-state index >= 15 is 0 Å². The van der Waals surface area contributed by atoms with Gasteiger partial charge in [-0.15, -0.1) is 0 Å². The lowest BCUT2D eigenvalue weighted by molar-refractivity contribution is -0.148. The van der Waals surface area contributed by atoms with Crippen LogP contribution in [0.25, 0.3) is 0 Å². The highest BCUT2D eigenvalue weighted by Crippen LogP contribution is 2.41. The lowest BCUT2D eigenvalue weighted by atomic mass is 9.77. The molecule has 0 unspecified atom stereocenters. The van der Waals surface area contributed by atoms with Crippen LogP contribution in [0, 0.1) is 20.8 Å². The van der Waals surface area contributed by atoms with E-state index in [0.29, 0.717) is 6.42 Å². The highest BCUT2D eigenvalue weighted by Gasteiger charge is 2.42. The lowest BCUT2D eigenvalue weighted by Gasteiger charge is -2.42. The van der Waals surface area contributed by atoms with Gasteiger partial charge in [0.1, 0.15) is 11.4 Å². The predicted molar refractivity (Wildman–Crippen MR) is 74.5 cm³/mol. The molecule has 1 saturated carbocycles. The minimum atomic E-state index is -0.351. The molecule has 19 heavy (non-hydrogen) atoms. The molecular weight excluding hydrogens is 240 g/mol. The molecule has 0 spiro atoms. The monoisotopic (exact) mass is 262 g/mol. The Balaban J connectivity index is 2.24. The van der Waals surface area contributed by atoms with Crippen molar-refractivity contribution in [2.45, 2.75) is 52.1 Å². The fraction of sp³-hybridized carbons (Fsp3) is 0.562. The zero-order valence-corrected chi connectivity index (χ0v) is 12.2. The molecule has 0 N–H and O–H groups in total. The smallest absolute Gasteiger partial charge is 0.309 e. The molecule has 0 aromatic heterocycles. The van der Waals surface area contributed by atoms with Gasteiger partial charge in [0.2, 0.25) is 0 Å². The van der Waals surface area contributed by atoms with Crippen molar-refractivity contribution < 1.29 is 14.3 Å². The lowest BCUT2D eigenvalue weighted by Crippen LogP contribution is -2.45. The molecule has 2 rings (SSSR count). The highest BCUT2D eigenvalue weighted by molar-refractivity contribution is 5.70. The minimum Gasteiger partial charge on any atom is -0.486 e. The number of rotatable bonds is 4. The number of ether oxygens (including phenoxy) is 2. The van der Waals surface area contributed by atoms with Crippen molar-refractivity contribution in [2.24, 2.45) is 0 Å². The van der Waals surface area contributed by atoms with Crippen molar-refractivity contribution in [2.75, 3.05) is 7.11 Å². The van der Waals surface area contributed by atoms with E-state index in [2.05, 4.69) is 26.0 Å². The number of esters is 1. The van der Waals surface area contributed by atoms with Crippen molar-refractivity contribution in [1.82, 2.24) is 0 Å². The van der Waals surface area contributed by atoms with Crippen LogP contribution < -0.4 is 4.74 Å². The molecule has 1 aromatic carbocycles. The second-order valence-electron chi connectivity index (χ2n) is 5.55. The zero-order chi connectivity index (χ0) is 14.0. The van der Waals surface area contributed by atoms with E-state index in [9.17, 15) is 4.79 Å². The first kappa shape index (κ1) is 13.9. The fourth-order valence-corrected chi connectivity index (χ4v) is 2.52. The Labute approximate surface area is 114 Å². The van der Waals surface area contributed by atoms with Gasteiger partial charge in [0.25, 0.3) is 0 Å². The van der Waals surface area contributed by atoms with Crippen molar-refractivity contribution in [3.05, 3.63) is 28.8 Å². The van der Waals surface area contributed by atoms with Gasteiger partial charge in [-0.1, -0.05) is 12.1 Å². The number of hydrogen-bond acceptors (Lipinski definition) is 3. The van der Waals surface area contributed by atoms with Crippen LogP contribution in [0.3, 0.4) is 0 Å². The number of carbonyl (C=O) groups excluding carboxylic acids is 1. The summed E-state index contributed by atoms with van der Waals surface area (Å²) in [4.78, 5) is 11.5. The molecule has 0 saturated heterocycles. The van der Waals surface area contributed by atoms with E-state index in [0.717, 1.165) is 36.1 Å². The van der Waals surface area contributed by atoms with Gasteiger partial charge in [0.05, 0.1) is 13.5 Å². The third-order valence-electron chi connectivity index (χ3n) is 4.15. The molecule has 1 fully saturated rings.